The van der Waals surface area contributed by atoms with E-state index in [2.05, 4.69) is 41.5 Å². The van der Waals surface area contributed by atoms with Crippen molar-refractivity contribution in [1.29, 1.82) is 0 Å². The molecule has 31 heavy (non-hydrogen) atoms. The van der Waals surface area contributed by atoms with E-state index in [1.54, 1.807) is 11.8 Å². The number of rotatable bonds is 6. The summed E-state index contributed by atoms with van der Waals surface area (Å²) in [5, 5.41) is 7.88. The molecule has 2 amide bonds. The molecule has 3 rings (SSSR count). The number of hydrogen-bond acceptors (Lipinski definition) is 6. The van der Waals surface area contributed by atoms with E-state index in [-0.39, 0.29) is 23.3 Å². The predicted octanol–water partition coefficient (Wildman–Crippen LogP) is 2.28. The lowest BCUT2D eigenvalue weighted by molar-refractivity contribution is -0.142. The maximum absolute atomic E-state index is 13.1. The molecule has 3 fully saturated rings. The Labute approximate surface area is 189 Å². The lowest BCUT2D eigenvalue weighted by Crippen LogP contribution is -2.53. The van der Waals surface area contributed by atoms with Gasteiger partial charge in [-0.2, -0.15) is 0 Å². The highest BCUT2D eigenvalue weighted by Gasteiger charge is 2.37. The summed E-state index contributed by atoms with van der Waals surface area (Å²) in [4.78, 5) is 40.8. The zero-order valence-corrected chi connectivity index (χ0v) is 19.8. The zero-order chi connectivity index (χ0) is 22.4. The predicted molar refractivity (Wildman–Crippen MR) is 122 cm³/mol. The van der Waals surface area contributed by atoms with Crippen molar-refractivity contribution in [2.24, 2.45) is 16.9 Å². The third-order valence-corrected chi connectivity index (χ3v) is 7.31. The highest BCUT2D eigenvalue weighted by atomic mass is 32.2. The Morgan fingerprint density at radius 2 is 1.77 bits per heavy atom. The molecule has 1 aliphatic carbocycles. The highest BCUT2D eigenvalue weighted by molar-refractivity contribution is 8.14. The van der Waals surface area contributed by atoms with Crippen LogP contribution in [0.4, 0.5) is 0 Å². The van der Waals surface area contributed by atoms with Crippen LogP contribution in [-0.4, -0.2) is 64.8 Å². The number of carbonyl (C=O) groups is 3. The van der Waals surface area contributed by atoms with E-state index >= 15 is 0 Å². The lowest BCUT2D eigenvalue weighted by atomic mass is 9.85. The standard InChI is InChI=1S/C22H36N4O4S/c1-22(2,3)26-11-14-31-21(26)25-24-20(29)18(27)17(15-9-12-30-13-10-15)23-19(28)16-7-5-4-6-8-16/h15-17H,4-14H2,1-3H3,(H,23,28)(H,24,29)/b25-21-. The first-order valence-corrected chi connectivity index (χ1v) is 12.5. The van der Waals surface area contributed by atoms with Gasteiger partial charge in [-0.1, -0.05) is 31.0 Å². The molecule has 0 radical (unpaired) electrons. The number of carbonyl (C=O) groups excluding carboxylic acids is 3. The van der Waals surface area contributed by atoms with Crippen LogP contribution in [0.25, 0.3) is 0 Å². The van der Waals surface area contributed by atoms with Crippen LogP contribution < -0.4 is 10.7 Å². The van der Waals surface area contributed by atoms with E-state index in [0.717, 1.165) is 44.4 Å². The van der Waals surface area contributed by atoms with Crippen molar-refractivity contribution in [3.05, 3.63) is 0 Å². The Bertz CT molecular complexity index is 694. The average Bonchev–Trinajstić information content (AvgIpc) is 3.26. The van der Waals surface area contributed by atoms with Gasteiger partial charge in [-0.3, -0.25) is 14.4 Å². The van der Waals surface area contributed by atoms with Crippen LogP contribution >= 0.6 is 11.8 Å². The summed E-state index contributed by atoms with van der Waals surface area (Å²) in [5.41, 5.74) is 2.34. The second-order valence-electron chi connectivity index (χ2n) is 9.64. The monoisotopic (exact) mass is 452 g/mol. The molecule has 0 spiro atoms. The van der Waals surface area contributed by atoms with Crippen LogP contribution in [-0.2, 0) is 19.1 Å². The molecule has 3 aliphatic rings. The number of nitrogens with zero attached hydrogens (tertiary/aromatic N) is 2. The van der Waals surface area contributed by atoms with Gasteiger partial charge in [0.1, 0.15) is 6.04 Å². The quantitative estimate of drug-likeness (QED) is 0.474. The maximum Gasteiger partial charge on any atom is 0.309 e. The topological polar surface area (TPSA) is 100 Å². The van der Waals surface area contributed by atoms with Gasteiger partial charge < -0.3 is 15.0 Å². The number of ether oxygens (including phenoxy) is 1. The molecule has 2 saturated heterocycles. The molecule has 0 aromatic carbocycles. The third kappa shape index (κ3) is 6.44. The Kier molecular flexibility index (Phi) is 8.38. The molecule has 1 unspecified atom stereocenters. The van der Waals surface area contributed by atoms with Crippen molar-refractivity contribution in [3.63, 3.8) is 0 Å². The minimum atomic E-state index is -0.825. The van der Waals surface area contributed by atoms with Crippen LogP contribution in [0.5, 0.6) is 0 Å². The first-order valence-electron chi connectivity index (χ1n) is 11.5. The molecule has 9 heteroatoms. The van der Waals surface area contributed by atoms with Crippen LogP contribution in [0.1, 0.15) is 65.7 Å². The van der Waals surface area contributed by atoms with E-state index < -0.39 is 17.7 Å². The van der Waals surface area contributed by atoms with Gasteiger partial charge in [0, 0.05) is 37.0 Å². The second kappa shape index (κ2) is 10.8. The smallest absolute Gasteiger partial charge is 0.309 e. The van der Waals surface area contributed by atoms with E-state index in [4.69, 9.17) is 4.74 Å². The summed E-state index contributed by atoms with van der Waals surface area (Å²) in [6.45, 7) is 8.18. The SMILES string of the molecule is CC(C)(C)N1CCS/C1=N\NC(=O)C(=O)C(NC(=O)C1CCCCC1)C1CCOCC1. The fraction of sp³-hybridized carbons (Fsp3) is 0.818. The van der Waals surface area contributed by atoms with Gasteiger partial charge in [-0.25, -0.2) is 5.43 Å². The largest absolute Gasteiger partial charge is 0.381 e. The van der Waals surface area contributed by atoms with Gasteiger partial charge in [0.05, 0.1) is 0 Å². The average molecular weight is 453 g/mol. The molecule has 2 heterocycles. The number of amides is 2. The summed E-state index contributed by atoms with van der Waals surface area (Å²) in [7, 11) is 0. The van der Waals surface area contributed by atoms with Gasteiger partial charge in [0.15, 0.2) is 5.17 Å². The lowest BCUT2D eigenvalue weighted by Gasteiger charge is -2.33. The van der Waals surface area contributed by atoms with E-state index in [0.29, 0.717) is 31.2 Å². The molecule has 0 aromatic heterocycles. The molecule has 2 aliphatic heterocycles. The van der Waals surface area contributed by atoms with Gasteiger partial charge in [0.25, 0.3) is 0 Å². The van der Waals surface area contributed by atoms with E-state index in [1.165, 1.54) is 0 Å². The fourth-order valence-electron chi connectivity index (χ4n) is 4.49. The molecule has 0 aromatic rings. The summed E-state index contributed by atoms with van der Waals surface area (Å²) in [5.74, 6) is -0.766. The Morgan fingerprint density at radius 1 is 1.10 bits per heavy atom. The highest BCUT2D eigenvalue weighted by Crippen LogP contribution is 2.27. The van der Waals surface area contributed by atoms with Crippen LogP contribution in [0.15, 0.2) is 5.10 Å². The van der Waals surface area contributed by atoms with Crippen molar-refractivity contribution in [2.75, 3.05) is 25.5 Å². The number of amidine groups is 1. The second-order valence-corrected chi connectivity index (χ2v) is 10.7. The summed E-state index contributed by atoms with van der Waals surface area (Å²) >= 11 is 1.56. The van der Waals surface area contributed by atoms with Crippen molar-refractivity contribution in [1.82, 2.24) is 15.6 Å². The molecule has 1 saturated carbocycles. The molecular weight excluding hydrogens is 416 g/mol. The van der Waals surface area contributed by atoms with Crippen LogP contribution in [0.3, 0.4) is 0 Å². The maximum atomic E-state index is 13.1. The van der Waals surface area contributed by atoms with Crippen molar-refractivity contribution in [3.8, 4) is 0 Å². The number of nitrogens with one attached hydrogen (secondary N) is 2. The summed E-state index contributed by atoms with van der Waals surface area (Å²) in [6, 6.07) is -0.825. The number of hydrazone groups is 1. The molecular formula is C22H36N4O4S. The molecule has 2 N–H and O–H groups in total. The Morgan fingerprint density at radius 3 is 2.42 bits per heavy atom. The fourth-order valence-corrected chi connectivity index (χ4v) is 5.58. The van der Waals surface area contributed by atoms with E-state index in [1.807, 2.05) is 0 Å². The van der Waals surface area contributed by atoms with Crippen molar-refractivity contribution >= 4 is 34.5 Å². The van der Waals surface area contributed by atoms with E-state index in [9.17, 15) is 14.4 Å². The van der Waals surface area contributed by atoms with Crippen molar-refractivity contribution in [2.45, 2.75) is 77.3 Å². The van der Waals surface area contributed by atoms with Crippen LogP contribution in [0, 0.1) is 11.8 Å². The normalized spacial score (nSPS) is 23.6. The van der Waals surface area contributed by atoms with Crippen LogP contribution in [0.2, 0.25) is 0 Å². The number of hydrogen-bond donors (Lipinski definition) is 2. The Balaban J connectivity index is 1.67. The number of ketones is 1. The van der Waals surface area contributed by atoms with Gasteiger partial charge in [-0.15, -0.1) is 5.10 Å². The summed E-state index contributed by atoms with van der Waals surface area (Å²) < 4.78 is 5.42. The molecule has 174 valence electrons. The van der Waals surface area contributed by atoms with Gasteiger partial charge in [-0.05, 0) is 52.4 Å². The Hall–Kier alpha value is -1.61. The molecule has 1 atom stereocenters. The number of Topliss-reactive ketones (excluding diaryl/α,β-unsaturated/α-hetero) is 1. The first kappa shape index (κ1) is 24.0. The zero-order valence-electron chi connectivity index (χ0n) is 18.9. The third-order valence-electron chi connectivity index (χ3n) is 6.36. The molecule has 0 bridgehead atoms. The van der Waals surface area contributed by atoms with Gasteiger partial charge >= 0.3 is 5.91 Å². The minimum Gasteiger partial charge on any atom is -0.381 e. The number of thioether (sulfide) groups is 1. The summed E-state index contributed by atoms with van der Waals surface area (Å²) in [6.07, 6.45) is 6.22. The van der Waals surface area contributed by atoms with Crippen molar-refractivity contribution < 1.29 is 19.1 Å². The van der Waals surface area contributed by atoms with Gasteiger partial charge in [0.2, 0.25) is 11.7 Å². The first-order chi connectivity index (χ1) is 14.8. The molecule has 8 nitrogen and oxygen atoms in total. The minimum absolute atomic E-state index is 0.0672.